The summed E-state index contributed by atoms with van der Waals surface area (Å²) in [6, 6.07) is 5.69. The maximum atomic E-state index is 13.3. The van der Waals surface area contributed by atoms with E-state index in [9.17, 15) is 4.39 Å². The molecule has 5 nitrogen and oxygen atoms in total. The Bertz CT molecular complexity index is 871. The van der Waals surface area contributed by atoms with Gasteiger partial charge in [0, 0.05) is 0 Å². The molecule has 0 aliphatic carbocycles. The van der Waals surface area contributed by atoms with Crippen molar-refractivity contribution in [2.24, 2.45) is 0 Å². The molecule has 25 heavy (non-hydrogen) atoms. The summed E-state index contributed by atoms with van der Waals surface area (Å²) in [7, 11) is 0. The Kier molecular flexibility index (Phi) is 5.38. The van der Waals surface area contributed by atoms with Crippen molar-refractivity contribution >= 4 is 29.0 Å². The number of fused-ring (bicyclic) bond motifs is 1. The number of furan rings is 1. The van der Waals surface area contributed by atoms with E-state index in [1.807, 2.05) is 37.3 Å². The number of nitrogens with one attached hydrogen (secondary N) is 1. The predicted octanol–water partition coefficient (Wildman–Crippen LogP) is 4.91. The zero-order valence-electron chi connectivity index (χ0n) is 14.2. The standard InChI is InChI=1S/C18H20ClFN4O/c1-3-5-15-13(8-7-12(2)20)10-16-17(22-18(19)23-24(15)16)21-11-14-6-4-9-25-14/h3-6,9-10,12H,7-8,11H2,1-2H3,(H,21,22,23)/b5-3+. The zero-order valence-corrected chi connectivity index (χ0v) is 14.9. The van der Waals surface area contributed by atoms with Gasteiger partial charge in [0.05, 0.1) is 24.7 Å². The maximum absolute atomic E-state index is 13.3. The van der Waals surface area contributed by atoms with Crippen LogP contribution < -0.4 is 5.32 Å². The number of allylic oxidation sites excluding steroid dienone is 1. The second-order valence-electron chi connectivity index (χ2n) is 5.83. The fourth-order valence-electron chi connectivity index (χ4n) is 2.70. The smallest absolute Gasteiger partial charge is 0.243 e. The fraction of sp³-hybridized carbons (Fsp3) is 0.333. The maximum Gasteiger partial charge on any atom is 0.243 e. The predicted molar refractivity (Wildman–Crippen MR) is 97.6 cm³/mol. The summed E-state index contributed by atoms with van der Waals surface area (Å²) in [6.45, 7) is 3.98. The molecule has 3 heterocycles. The van der Waals surface area contributed by atoms with E-state index < -0.39 is 6.17 Å². The number of halogens is 2. The van der Waals surface area contributed by atoms with E-state index in [0.717, 1.165) is 22.5 Å². The lowest BCUT2D eigenvalue weighted by atomic mass is 10.1. The molecular formula is C18H20ClFN4O. The Labute approximate surface area is 150 Å². The molecule has 7 heteroatoms. The number of nitrogens with zero attached hydrogens (tertiary/aromatic N) is 3. The summed E-state index contributed by atoms with van der Waals surface area (Å²) in [6.07, 6.45) is 5.72. The van der Waals surface area contributed by atoms with Crippen LogP contribution in [0.25, 0.3) is 11.6 Å². The van der Waals surface area contributed by atoms with Crippen LogP contribution >= 0.6 is 11.6 Å². The number of hydrogen-bond donors (Lipinski definition) is 1. The van der Waals surface area contributed by atoms with Gasteiger partial charge in [0.2, 0.25) is 5.28 Å². The van der Waals surface area contributed by atoms with Gasteiger partial charge in [-0.15, -0.1) is 5.10 Å². The molecule has 0 amide bonds. The van der Waals surface area contributed by atoms with E-state index in [4.69, 9.17) is 16.0 Å². The summed E-state index contributed by atoms with van der Waals surface area (Å²) in [5.74, 6) is 1.40. The highest BCUT2D eigenvalue weighted by Crippen LogP contribution is 2.26. The van der Waals surface area contributed by atoms with Crippen LogP contribution in [0.5, 0.6) is 0 Å². The van der Waals surface area contributed by atoms with Crippen molar-refractivity contribution in [3.63, 3.8) is 0 Å². The highest BCUT2D eigenvalue weighted by atomic mass is 35.5. The van der Waals surface area contributed by atoms with Crippen LogP contribution in [0, 0.1) is 0 Å². The second-order valence-corrected chi connectivity index (χ2v) is 6.17. The number of aryl methyl sites for hydroxylation is 1. The van der Waals surface area contributed by atoms with Crippen LogP contribution in [-0.2, 0) is 13.0 Å². The van der Waals surface area contributed by atoms with Crippen LogP contribution in [-0.4, -0.2) is 20.8 Å². The molecule has 3 aromatic rings. The molecule has 0 radical (unpaired) electrons. The largest absolute Gasteiger partial charge is 0.467 e. The summed E-state index contributed by atoms with van der Waals surface area (Å²) < 4.78 is 20.4. The second kappa shape index (κ2) is 7.70. The van der Waals surface area contributed by atoms with Gasteiger partial charge in [0.15, 0.2) is 5.82 Å². The Balaban J connectivity index is 2.00. The van der Waals surface area contributed by atoms with Crippen molar-refractivity contribution in [1.29, 1.82) is 0 Å². The average molecular weight is 363 g/mol. The van der Waals surface area contributed by atoms with Gasteiger partial charge in [-0.3, -0.25) is 0 Å². The molecule has 0 aliphatic heterocycles. The quantitative estimate of drug-likeness (QED) is 0.648. The van der Waals surface area contributed by atoms with E-state index >= 15 is 0 Å². The molecule has 1 N–H and O–H groups in total. The monoisotopic (exact) mass is 362 g/mol. The minimum absolute atomic E-state index is 0.140. The number of aromatic nitrogens is 3. The van der Waals surface area contributed by atoms with Crippen LogP contribution in [0.2, 0.25) is 5.28 Å². The number of anilines is 1. The van der Waals surface area contributed by atoms with E-state index in [1.54, 1.807) is 17.7 Å². The highest BCUT2D eigenvalue weighted by Gasteiger charge is 2.15. The topological polar surface area (TPSA) is 55.4 Å². The summed E-state index contributed by atoms with van der Waals surface area (Å²) in [4.78, 5) is 4.29. The lowest BCUT2D eigenvalue weighted by Crippen LogP contribution is -2.06. The van der Waals surface area contributed by atoms with Crippen molar-refractivity contribution in [3.8, 4) is 0 Å². The molecule has 0 spiro atoms. The Morgan fingerprint density at radius 2 is 2.32 bits per heavy atom. The van der Waals surface area contributed by atoms with E-state index in [2.05, 4.69) is 15.4 Å². The molecule has 132 valence electrons. The number of hydrogen-bond acceptors (Lipinski definition) is 4. The van der Waals surface area contributed by atoms with Gasteiger partial charge in [0.25, 0.3) is 0 Å². The number of rotatable bonds is 7. The van der Waals surface area contributed by atoms with E-state index in [1.165, 1.54) is 0 Å². The van der Waals surface area contributed by atoms with Crippen LogP contribution in [0.4, 0.5) is 10.2 Å². The molecule has 3 aromatic heterocycles. The van der Waals surface area contributed by atoms with Gasteiger partial charge >= 0.3 is 0 Å². The zero-order chi connectivity index (χ0) is 17.8. The van der Waals surface area contributed by atoms with Gasteiger partial charge in [-0.25, -0.2) is 8.91 Å². The molecule has 0 saturated carbocycles. The first kappa shape index (κ1) is 17.5. The molecule has 0 fully saturated rings. The van der Waals surface area contributed by atoms with Crippen molar-refractivity contribution in [2.75, 3.05) is 5.32 Å². The van der Waals surface area contributed by atoms with Crippen molar-refractivity contribution in [1.82, 2.24) is 14.6 Å². The van der Waals surface area contributed by atoms with Gasteiger partial charge in [-0.1, -0.05) is 6.08 Å². The first-order chi connectivity index (χ1) is 12.1. The van der Waals surface area contributed by atoms with E-state index in [-0.39, 0.29) is 5.28 Å². The molecule has 0 bridgehead atoms. The molecule has 0 aliphatic rings. The normalized spacial score (nSPS) is 13.0. The first-order valence-corrected chi connectivity index (χ1v) is 8.57. The minimum atomic E-state index is -0.854. The van der Waals surface area contributed by atoms with Gasteiger partial charge < -0.3 is 9.73 Å². The van der Waals surface area contributed by atoms with E-state index in [0.29, 0.717) is 25.2 Å². The van der Waals surface area contributed by atoms with Gasteiger partial charge in [0.1, 0.15) is 11.3 Å². The summed E-state index contributed by atoms with van der Waals surface area (Å²) in [5, 5.41) is 7.68. The van der Waals surface area contributed by atoms with Crippen molar-refractivity contribution in [3.05, 3.63) is 52.8 Å². The molecule has 0 saturated heterocycles. The van der Waals surface area contributed by atoms with Crippen molar-refractivity contribution in [2.45, 2.75) is 39.4 Å². The SMILES string of the molecule is C/C=C/c1c(CCC(C)F)cc2c(NCc3ccco3)nc(Cl)nn12. The Morgan fingerprint density at radius 3 is 3.00 bits per heavy atom. The average Bonchev–Trinajstić information content (AvgIpc) is 3.20. The lowest BCUT2D eigenvalue weighted by molar-refractivity contribution is 0.341. The molecule has 1 unspecified atom stereocenters. The van der Waals surface area contributed by atoms with Crippen molar-refractivity contribution < 1.29 is 8.81 Å². The van der Waals surface area contributed by atoms with Gasteiger partial charge in [-0.05, 0) is 68.1 Å². The fourth-order valence-corrected chi connectivity index (χ4v) is 2.86. The minimum Gasteiger partial charge on any atom is -0.467 e. The van der Waals surface area contributed by atoms with Crippen LogP contribution in [0.1, 0.15) is 37.3 Å². The van der Waals surface area contributed by atoms with Crippen LogP contribution in [0.15, 0.2) is 35.0 Å². The third kappa shape index (κ3) is 4.02. The molecule has 3 rings (SSSR count). The lowest BCUT2D eigenvalue weighted by Gasteiger charge is -2.07. The molecule has 1 atom stereocenters. The summed E-state index contributed by atoms with van der Waals surface area (Å²) in [5.41, 5.74) is 2.70. The Morgan fingerprint density at radius 1 is 1.48 bits per heavy atom. The third-order valence-corrected chi connectivity index (χ3v) is 4.03. The summed E-state index contributed by atoms with van der Waals surface area (Å²) >= 11 is 6.10. The molecular weight excluding hydrogens is 343 g/mol. The molecule has 0 aromatic carbocycles. The van der Waals surface area contributed by atoms with Crippen LogP contribution in [0.3, 0.4) is 0 Å². The Hall–Kier alpha value is -2.34. The third-order valence-electron chi connectivity index (χ3n) is 3.87. The number of alkyl halides is 1. The van der Waals surface area contributed by atoms with Gasteiger partial charge in [-0.2, -0.15) is 4.98 Å². The first-order valence-electron chi connectivity index (χ1n) is 8.19. The highest BCUT2D eigenvalue weighted by molar-refractivity contribution is 6.28.